The van der Waals surface area contributed by atoms with Crippen LogP contribution in [0.15, 0.2) is 24.3 Å². The van der Waals surface area contributed by atoms with E-state index in [4.69, 9.17) is 4.74 Å². The van der Waals surface area contributed by atoms with Gasteiger partial charge in [-0.25, -0.2) is 4.39 Å². The molecule has 2 fully saturated rings. The van der Waals surface area contributed by atoms with E-state index in [0.29, 0.717) is 31.1 Å². The van der Waals surface area contributed by atoms with Gasteiger partial charge < -0.3 is 10.1 Å². The van der Waals surface area contributed by atoms with Gasteiger partial charge in [0.25, 0.3) is 0 Å². The number of amides is 1. The van der Waals surface area contributed by atoms with Gasteiger partial charge in [0.15, 0.2) is 0 Å². The van der Waals surface area contributed by atoms with E-state index in [2.05, 4.69) is 24.1 Å². The van der Waals surface area contributed by atoms with E-state index in [9.17, 15) is 9.18 Å². The summed E-state index contributed by atoms with van der Waals surface area (Å²) in [7, 11) is 0. The van der Waals surface area contributed by atoms with Crippen LogP contribution in [0.25, 0.3) is 0 Å². The first-order chi connectivity index (χ1) is 11.0. The molecule has 0 unspecified atom stereocenters. The minimum absolute atomic E-state index is 0.0762. The largest absolute Gasteiger partial charge is 0.371 e. The van der Waals surface area contributed by atoms with Crippen molar-refractivity contribution < 1.29 is 13.9 Å². The first-order valence-corrected chi connectivity index (χ1v) is 8.42. The molecule has 126 valence electrons. The average Bonchev–Trinajstić information content (AvgIpc) is 2.82. The van der Waals surface area contributed by atoms with Crippen molar-refractivity contribution in [3.63, 3.8) is 0 Å². The minimum Gasteiger partial charge on any atom is -0.371 e. The van der Waals surface area contributed by atoms with Crippen LogP contribution in [0.2, 0.25) is 0 Å². The van der Waals surface area contributed by atoms with E-state index >= 15 is 0 Å². The van der Waals surface area contributed by atoms with E-state index in [1.165, 1.54) is 6.07 Å². The normalized spacial score (nSPS) is 27.4. The Labute approximate surface area is 137 Å². The molecule has 0 spiro atoms. The number of hydrogen-bond donors (Lipinski definition) is 1. The lowest BCUT2D eigenvalue weighted by Gasteiger charge is -2.32. The third kappa shape index (κ3) is 3.90. The molecule has 0 radical (unpaired) electrons. The van der Waals surface area contributed by atoms with Gasteiger partial charge in [-0.3, -0.25) is 9.69 Å². The van der Waals surface area contributed by atoms with Gasteiger partial charge in [-0.2, -0.15) is 0 Å². The zero-order chi connectivity index (χ0) is 16.4. The summed E-state index contributed by atoms with van der Waals surface area (Å²) in [5.74, 6) is 0.291. The molecule has 3 atom stereocenters. The van der Waals surface area contributed by atoms with Crippen LogP contribution in [0.3, 0.4) is 0 Å². The van der Waals surface area contributed by atoms with Gasteiger partial charge >= 0.3 is 0 Å². The highest BCUT2D eigenvalue weighted by Crippen LogP contribution is 2.32. The second kappa shape index (κ2) is 6.97. The van der Waals surface area contributed by atoms with Crippen molar-refractivity contribution in [1.82, 2.24) is 10.2 Å². The number of hydrogen-bond acceptors (Lipinski definition) is 3. The van der Waals surface area contributed by atoms with Gasteiger partial charge in [-0.05, 0) is 18.4 Å². The molecular formula is C18H25FN2O2. The van der Waals surface area contributed by atoms with E-state index in [1.54, 1.807) is 6.07 Å². The lowest BCUT2D eigenvalue weighted by atomic mass is 9.99. The number of likely N-dealkylation sites (tertiary alicyclic amines) is 1. The number of morpholine rings is 1. The molecule has 2 bridgehead atoms. The van der Waals surface area contributed by atoms with E-state index in [1.807, 2.05) is 12.1 Å². The molecule has 2 aliphatic heterocycles. The Kier molecular flexibility index (Phi) is 4.97. The smallest absolute Gasteiger partial charge is 0.225 e. The minimum atomic E-state index is -0.169. The zero-order valence-corrected chi connectivity index (χ0v) is 13.8. The summed E-state index contributed by atoms with van der Waals surface area (Å²) in [6.45, 7) is 6.89. The maximum Gasteiger partial charge on any atom is 0.225 e. The summed E-state index contributed by atoms with van der Waals surface area (Å²) in [6, 6.07) is 6.87. The van der Waals surface area contributed by atoms with Gasteiger partial charge in [0.2, 0.25) is 5.91 Å². The van der Waals surface area contributed by atoms with Crippen LogP contribution in [-0.2, 0) is 16.1 Å². The van der Waals surface area contributed by atoms with Crippen molar-refractivity contribution in [2.24, 2.45) is 11.8 Å². The van der Waals surface area contributed by atoms with Crippen molar-refractivity contribution in [3.8, 4) is 0 Å². The van der Waals surface area contributed by atoms with Crippen molar-refractivity contribution in [2.45, 2.75) is 39.0 Å². The summed E-state index contributed by atoms with van der Waals surface area (Å²) >= 11 is 0. The summed E-state index contributed by atoms with van der Waals surface area (Å²) in [4.78, 5) is 14.5. The van der Waals surface area contributed by atoms with Crippen molar-refractivity contribution in [2.75, 3.05) is 19.6 Å². The number of benzene rings is 1. The van der Waals surface area contributed by atoms with Crippen LogP contribution in [0.5, 0.6) is 0 Å². The molecule has 1 aromatic carbocycles. The fraction of sp³-hybridized carbons (Fsp3) is 0.611. The molecule has 2 heterocycles. The van der Waals surface area contributed by atoms with Crippen molar-refractivity contribution in [3.05, 3.63) is 35.6 Å². The lowest BCUT2D eigenvalue weighted by molar-refractivity contribution is -0.128. The molecule has 0 aromatic heterocycles. The Balaban J connectivity index is 1.59. The monoisotopic (exact) mass is 320 g/mol. The number of fused-ring (bicyclic) bond motifs is 2. The number of nitrogens with zero attached hydrogens (tertiary/aromatic N) is 1. The van der Waals surface area contributed by atoms with Crippen LogP contribution >= 0.6 is 0 Å². The quantitative estimate of drug-likeness (QED) is 0.904. The second-order valence-electron chi connectivity index (χ2n) is 7.06. The lowest BCUT2D eigenvalue weighted by Crippen LogP contribution is -2.45. The fourth-order valence-corrected chi connectivity index (χ4v) is 3.45. The van der Waals surface area contributed by atoms with Crippen LogP contribution in [0.1, 0.15) is 25.8 Å². The predicted molar refractivity (Wildman–Crippen MR) is 86.3 cm³/mol. The third-order valence-electron chi connectivity index (χ3n) is 4.61. The first kappa shape index (κ1) is 16.4. The zero-order valence-electron chi connectivity index (χ0n) is 13.8. The number of ether oxygens (including phenoxy) is 1. The molecule has 5 heteroatoms. The Bertz CT molecular complexity index is 564. The maximum atomic E-state index is 13.8. The summed E-state index contributed by atoms with van der Waals surface area (Å²) in [5.41, 5.74) is 0.703. The Morgan fingerprint density at radius 3 is 2.91 bits per heavy atom. The van der Waals surface area contributed by atoms with Gasteiger partial charge in [0.05, 0.1) is 18.1 Å². The average molecular weight is 320 g/mol. The van der Waals surface area contributed by atoms with Crippen molar-refractivity contribution in [1.29, 1.82) is 0 Å². The molecule has 1 N–H and O–H groups in total. The highest BCUT2D eigenvalue weighted by molar-refractivity contribution is 5.79. The van der Waals surface area contributed by atoms with Crippen LogP contribution in [0, 0.1) is 17.7 Å². The molecule has 3 rings (SSSR count). The molecule has 0 saturated carbocycles. The topological polar surface area (TPSA) is 41.6 Å². The van der Waals surface area contributed by atoms with Gasteiger partial charge in [0, 0.05) is 31.7 Å². The molecule has 2 aliphatic rings. The summed E-state index contributed by atoms with van der Waals surface area (Å²) in [6.07, 6.45) is 0.769. The predicted octanol–water partition coefficient (Wildman–Crippen LogP) is 2.19. The fourth-order valence-electron chi connectivity index (χ4n) is 3.45. The van der Waals surface area contributed by atoms with E-state index in [0.717, 1.165) is 13.0 Å². The van der Waals surface area contributed by atoms with Gasteiger partial charge in [-0.15, -0.1) is 0 Å². The Morgan fingerprint density at radius 2 is 2.17 bits per heavy atom. The second-order valence-corrected chi connectivity index (χ2v) is 7.06. The number of nitrogens with one attached hydrogen (secondary N) is 1. The molecule has 1 aromatic rings. The van der Waals surface area contributed by atoms with Gasteiger partial charge in [-0.1, -0.05) is 32.0 Å². The Morgan fingerprint density at radius 1 is 1.39 bits per heavy atom. The molecular weight excluding hydrogens is 295 g/mol. The van der Waals surface area contributed by atoms with Crippen molar-refractivity contribution >= 4 is 5.91 Å². The molecule has 1 amide bonds. The molecule has 0 aliphatic carbocycles. The molecule has 23 heavy (non-hydrogen) atoms. The summed E-state index contributed by atoms with van der Waals surface area (Å²) in [5, 5.41) is 3.01. The summed E-state index contributed by atoms with van der Waals surface area (Å²) < 4.78 is 19.8. The van der Waals surface area contributed by atoms with E-state index in [-0.39, 0.29) is 29.9 Å². The standard InChI is InChI=1S/C18H25FN2O2/c1-12(2)8-20-18(22)15-7-14-10-21(11-17(15)23-14)9-13-5-3-4-6-16(13)19/h3-6,12,14-15,17H,7-11H2,1-2H3,(H,20,22)/t14-,15+,17-/m0/s1. The van der Waals surface area contributed by atoms with Crippen LogP contribution < -0.4 is 5.32 Å². The van der Waals surface area contributed by atoms with Crippen LogP contribution in [0.4, 0.5) is 4.39 Å². The Hall–Kier alpha value is -1.46. The molecule has 2 saturated heterocycles. The SMILES string of the molecule is CC(C)CNC(=O)[C@@H]1C[C@H]2CN(Cc3ccccc3F)C[C@@H]1O2. The van der Waals surface area contributed by atoms with Crippen LogP contribution in [-0.4, -0.2) is 42.6 Å². The molecule has 4 nitrogen and oxygen atoms in total. The highest BCUT2D eigenvalue weighted by atomic mass is 19.1. The number of halogens is 1. The third-order valence-corrected chi connectivity index (χ3v) is 4.61. The highest BCUT2D eigenvalue weighted by Gasteiger charge is 2.44. The van der Waals surface area contributed by atoms with E-state index < -0.39 is 0 Å². The van der Waals surface area contributed by atoms with Gasteiger partial charge in [0.1, 0.15) is 5.82 Å². The number of carbonyl (C=O) groups excluding carboxylic acids is 1. The number of carbonyl (C=O) groups is 1. The maximum absolute atomic E-state index is 13.8. The number of rotatable bonds is 5. The first-order valence-electron chi connectivity index (χ1n) is 8.42.